The van der Waals surface area contributed by atoms with Crippen molar-refractivity contribution >= 4 is 23.3 Å². The first kappa shape index (κ1) is 20.6. The van der Waals surface area contributed by atoms with Crippen LogP contribution in [-0.4, -0.2) is 22.3 Å². The minimum Gasteiger partial charge on any atom is -0.478 e. The van der Waals surface area contributed by atoms with Crippen LogP contribution in [0, 0.1) is 0 Å². The minimum absolute atomic E-state index is 0.109. The monoisotopic (exact) mass is 408 g/mol. The number of ether oxygens (including phenoxy) is 1. The van der Waals surface area contributed by atoms with Crippen LogP contribution in [-0.2, 0) is 11.3 Å². The highest BCUT2D eigenvalue weighted by Crippen LogP contribution is 2.21. The van der Waals surface area contributed by atoms with E-state index in [2.05, 4.69) is 10.3 Å². The summed E-state index contributed by atoms with van der Waals surface area (Å²) < 4.78 is 5.86. The number of nitrogens with one attached hydrogen (secondary N) is 1. The van der Waals surface area contributed by atoms with Crippen LogP contribution in [0.25, 0.3) is 0 Å². The third-order valence-corrected chi connectivity index (χ3v) is 4.60. The number of aromatic nitrogens is 1. The van der Waals surface area contributed by atoms with Crippen LogP contribution in [0.2, 0.25) is 5.02 Å². The third-order valence-electron chi connectivity index (χ3n) is 4.35. The lowest BCUT2D eigenvalue weighted by Gasteiger charge is -2.25. The summed E-state index contributed by atoms with van der Waals surface area (Å²) in [6, 6.07) is 17.1. The van der Waals surface area contributed by atoms with Gasteiger partial charge in [0.05, 0.1) is 0 Å². The second kappa shape index (κ2) is 8.88. The van der Waals surface area contributed by atoms with Crippen LogP contribution in [0.3, 0.4) is 0 Å². The van der Waals surface area contributed by atoms with Crippen LogP contribution in [0.5, 0.6) is 5.75 Å². The topological polar surface area (TPSA) is 68.3 Å². The van der Waals surface area contributed by atoms with E-state index in [4.69, 9.17) is 16.3 Å². The van der Waals surface area contributed by atoms with Gasteiger partial charge < -0.3 is 10.1 Å². The van der Waals surface area contributed by atoms with Gasteiger partial charge in [-0.3, -0.25) is 14.6 Å². The Labute approximate surface area is 174 Å². The summed E-state index contributed by atoms with van der Waals surface area (Å²) in [6.45, 7) is 3.78. The van der Waals surface area contributed by atoms with Crippen LogP contribution in [0.1, 0.15) is 35.3 Å². The van der Waals surface area contributed by atoms with Gasteiger partial charge in [0.25, 0.3) is 5.91 Å². The Kier molecular flexibility index (Phi) is 6.29. The molecule has 0 atom stereocenters. The highest BCUT2D eigenvalue weighted by atomic mass is 35.5. The summed E-state index contributed by atoms with van der Waals surface area (Å²) in [4.78, 5) is 29.0. The highest BCUT2D eigenvalue weighted by molar-refractivity contribution is 6.30. The Morgan fingerprint density at radius 1 is 0.931 bits per heavy atom. The van der Waals surface area contributed by atoms with Gasteiger partial charge in [-0.2, -0.15) is 0 Å². The fourth-order valence-corrected chi connectivity index (χ4v) is 2.81. The molecule has 5 nitrogen and oxygen atoms in total. The van der Waals surface area contributed by atoms with E-state index in [9.17, 15) is 9.59 Å². The molecule has 3 rings (SSSR count). The molecule has 0 bridgehead atoms. The standard InChI is InChI=1S/C23H21ClN2O3/c1-23(2,22(28)26-15-16-11-13-25-14-12-16)29-20-9-5-18(6-10-20)21(27)17-3-7-19(24)8-4-17/h3-14H,15H2,1-2H3,(H,26,28). The van der Waals surface area contributed by atoms with Crippen molar-refractivity contribution in [3.63, 3.8) is 0 Å². The Morgan fingerprint density at radius 3 is 2.07 bits per heavy atom. The van der Waals surface area contributed by atoms with Crippen LogP contribution in [0.4, 0.5) is 0 Å². The largest absolute Gasteiger partial charge is 0.478 e. The van der Waals surface area contributed by atoms with Crippen molar-refractivity contribution in [2.24, 2.45) is 0 Å². The number of halogens is 1. The molecule has 0 fully saturated rings. The number of pyridine rings is 1. The molecule has 1 aromatic heterocycles. The first-order chi connectivity index (χ1) is 13.8. The average Bonchev–Trinajstić information content (AvgIpc) is 2.73. The summed E-state index contributed by atoms with van der Waals surface area (Å²) in [5.74, 6) is 0.153. The molecule has 2 aromatic carbocycles. The lowest BCUT2D eigenvalue weighted by atomic mass is 10.0. The highest BCUT2D eigenvalue weighted by Gasteiger charge is 2.29. The predicted octanol–water partition coefficient (Wildman–Crippen LogP) is 4.44. The summed E-state index contributed by atoms with van der Waals surface area (Å²) >= 11 is 5.86. The zero-order valence-electron chi connectivity index (χ0n) is 16.2. The van der Waals surface area contributed by atoms with E-state index in [0.717, 1.165) is 5.56 Å². The van der Waals surface area contributed by atoms with E-state index in [0.29, 0.717) is 28.4 Å². The molecule has 0 saturated heterocycles. The molecular formula is C23H21ClN2O3. The van der Waals surface area contributed by atoms with Crippen LogP contribution in [0.15, 0.2) is 73.1 Å². The normalized spacial score (nSPS) is 11.0. The number of carbonyl (C=O) groups is 2. The maximum atomic E-state index is 12.5. The molecule has 1 heterocycles. The Balaban J connectivity index is 1.62. The van der Waals surface area contributed by atoms with E-state index < -0.39 is 5.60 Å². The lowest BCUT2D eigenvalue weighted by molar-refractivity contribution is -0.134. The van der Waals surface area contributed by atoms with E-state index in [1.165, 1.54) is 0 Å². The number of hydrogen-bond donors (Lipinski definition) is 1. The molecule has 0 aliphatic heterocycles. The summed E-state index contributed by atoms with van der Waals surface area (Å²) in [5, 5.41) is 3.44. The number of hydrogen-bond acceptors (Lipinski definition) is 4. The maximum absolute atomic E-state index is 12.5. The predicted molar refractivity (Wildman–Crippen MR) is 112 cm³/mol. The second-order valence-electron chi connectivity index (χ2n) is 7.01. The summed E-state index contributed by atoms with van der Waals surface area (Å²) in [6.07, 6.45) is 3.35. The van der Waals surface area contributed by atoms with Crippen molar-refractivity contribution < 1.29 is 14.3 Å². The van der Waals surface area contributed by atoms with Gasteiger partial charge in [0.15, 0.2) is 11.4 Å². The first-order valence-corrected chi connectivity index (χ1v) is 9.49. The van der Waals surface area contributed by atoms with E-state index >= 15 is 0 Å². The molecule has 0 aliphatic rings. The third kappa shape index (κ3) is 5.42. The molecule has 148 valence electrons. The average molecular weight is 409 g/mol. The number of nitrogens with zero attached hydrogens (tertiary/aromatic N) is 1. The molecule has 1 amide bonds. The minimum atomic E-state index is -1.07. The van der Waals surface area contributed by atoms with Crippen molar-refractivity contribution in [1.82, 2.24) is 10.3 Å². The molecule has 0 radical (unpaired) electrons. The molecule has 0 saturated carbocycles. The molecular weight excluding hydrogens is 388 g/mol. The van der Waals surface area contributed by atoms with Gasteiger partial charge in [0.1, 0.15) is 5.75 Å². The molecule has 0 unspecified atom stereocenters. The molecule has 6 heteroatoms. The second-order valence-corrected chi connectivity index (χ2v) is 7.45. The van der Waals surface area contributed by atoms with Gasteiger partial charge in [-0.15, -0.1) is 0 Å². The number of ketones is 1. The Morgan fingerprint density at radius 2 is 1.48 bits per heavy atom. The van der Waals surface area contributed by atoms with Gasteiger partial charge >= 0.3 is 0 Å². The first-order valence-electron chi connectivity index (χ1n) is 9.12. The number of carbonyl (C=O) groups excluding carboxylic acids is 2. The molecule has 1 N–H and O–H groups in total. The molecule has 3 aromatic rings. The van der Waals surface area contributed by atoms with Crippen molar-refractivity contribution in [2.75, 3.05) is 0 Å². The number of rotatable bonds is 7. The van der Waals surface area contributed by atoms with Gasteiger partial charge in [-0.25, -0.2) is 0 Å². The van der Waals surface area contributed by atoms with Crippen molar-refractivity contribution in [3.05, 3.63) is 94.8 Å². The quantitative estimate of drug-likeness (QED) is 0.587. The molecule has 0 aliphatic carbocycles. The molecule has 0 spiro atoms. The summed E-state index contributed by atoms with van der Waals surface area (Å²) in [5.41, 5.74) is 0.960. The van der Waals surface area contributed by atoms with Gasteiger partial charge in [-0.05, 0) is 80.1 Å². The van der Waals surface area contributed by atoms with Crippen LogP contribution >= 0.6 is 11.6 Å². The van der Waals surface area contributed by atoms with Gasteiger partial charge in [0, 0.05) is 35.1 Å². The fraction of sp³-hybridized carbons (Fsp3) is 0.174. The summed E-state index contributed by atoms with van der Waals surface area (Å²) in [7, 11) is 0. The number of amides is 1. The maximum Gasteiger partial charge on any atom is 0.263 e. The van der Waals surface area contributed by atoms with E-state index in [1.54, 1.807) is 74.8 Å². The fourth-order valence-electron chi connectivity index (χ4n) is 2.68. The zero-order valence-corrected chi connectivity index (χ0v) is 16.9. The Hall–Kier alpha value is -3.18. The Bertz CT molecular complexity index is 985. The van der Waals surface area contributed by atoms with Gasteiger partial charge in [-0.1, -0.05) is 11.6 Å². The number of benzene rings is 2. The SMILES string of the molecule is CC(C)(Oc1ccc(C(=O)c2ccc(Cl)cc2)cc1)C(=O)NCc1ccncc1. The van der Waals surface area contributed by atoms with E-state index in [1.807, 2.05) is 12.1 Å². The van der Waals surface area contributed by atoms with Crippen molar-refractivity contribution in [3.8, 4) is 5.75 Å². The lowest BCUT2D eigenvalue weighted by Crippen LogP contribution is -2.46. The van der Waals surface area contributed by atoms with Gasteiger partial charge in [0.2, 0.25) is 0 Å². The smallest absolute Gasteiger partial charge is 0.263 e. The van der Waals surface area contributed by atoms with Crippen molar-refractivity contribution in [2.45, 2.75) is 26.0 Å². The zero-order chi connectivity index (χ0) is 20.9. The van der Waals surface area contributed by atoms with Crippen molar-refractivity contribution in [1.29, 1.82) is 0 Å². The van der Waals surface area contributed by atoms with Crippen LogP contribution < -0.4 is 10.1 Å². The molecule has 29 heavy (non-hydrogen) atoms. The van der Waals surface area contributed by atoms with E-state index in [-0.39, 0.29) is 11.7 Å².